The van der Waals surface area contributed by atoms with E-state index in [0.717, 1.165) is 21.4 Å². The van der Waals surface area contributed by atoms with Crippen LogP contribution in [0.15, 0.2) is 47.4 Å². The number of rotatable bonds is 4. The third-order valence-electron chi connectivity index (χ3n) is 2.55. The topological polar surface area (TPSA) is 26.0 Å². The van der Waals surface area contributed by atoms with Crippen LogP contribution in [0.3, 0.4) is 0 Å². The van der Waals surface area contributed by atoms with Crippen LogP contribution < -0.4 is 5.73 Å². The monoisotopic (exact) mass is 297 g/mol. The Morgan fingerprint density at radius 1 is 0.944 bits per heavy atom. The van der Waals surface area contributed by atoms with Crippen molar-refractivity contribution >= 4 is 35.0 Å². The predicted octanol–water partition coefficient (Wildman–Crippen LogP) is 4.74. The van der Waals surface area contributed by atoms with Gasteiger partial charge >= 0.3 is 0 Å². The smallest absolute Gasteiger partial charge is 0.0410 e. The van der Waals surface area contributed by atoms with Crippen molar-refractivity contribution in [3.63, 3.8) is 0 Å². The van der Waals surface area contributed by atoms with Crippen molar-refractivity contribution in [2.75, 3.05) is 0 Å². The summed E-state index contributed by atoms with van der Waals surface area (Å²) in [5, 5.41) is 1.49. The van der Waals surface area contributed by atoms with Crippen LogP contribution in [0.25, 0.3) is 0 Å². The van der Waals surface area contributed by atoms with Crippen LogP contribution in [0, 0.1) is 0 Å². The van der Waals surface area contributed by atoms with Gasteiger partial charge in [-0.1, -0.05) is 35.3 Å². The summed E-state index contributed by atoms with van der Waals surface area (Å²) in [7, 11) is 0. The third kappa shape index (κ3) is 3.66. The van der Waals surface area contributed by atoms with Crippen molar-refractivity contribution < 1.29 is 0 Å². The lowest BCUT2D eigenvalue weighted by Crippen LogP contribution is -1.98. The normalized spacial score (nSPS) is 10.6. The van der Waals surface area contributed by atoms with Gasteiger partial charge in [0.2, 0.25) is 0 Å². The molecule has 0 aliphatic carbocycles. The van der Waals surface area contributed by atoms with Gasteiger partial charge in [-0.15, -0.1) is 11.8 Å². The maximum absolute atomic E-state index is 5.95. The minimum atomic E-state index is 0.503. The molecule has 0 atom stereocenters. The Bertz CT molecular complexity index is 526. The highest BCUT2D eigenvalue weighted by Crippen LogP contribution is 2.28. The van der Waals surface area contributed by atoms with Gasteiger partial charge < -0.3 is 5.73 Å². The second kappa shape index (κ2) is 6.48. The molecular formula is C14H13Cl2NS. The molecule has 2 rings (SSSR count). The fourth-order valence-corrected chi connectivity index (χ4v) is 2.92. The zero-order valence-electron chi connectivity index (χ0n) is 9.70. The number of hydrogen-bond acceptors (Lipinski definition) is 2. The summed E-state index contributed by atoms with van der Waals surface area (Å²) in [4.78, 5) is 1.18. The second-order valence-electron chi connectivity index (χ2n) is 3.87. The van der Waals surface area contributed by atoms with Crippen LogP contribution in [0.5, 0.6) is 0 Å². The van der Waals surface area contributed by atoms with Crippen molar-refractivity contribution in [2.45, 2.75) is 17.2 Å². The summed E-state index contributed by atoms with van der Waals surface area (Å²) in [5.74, 6) is 0.895. The molecule has 18 heavy (non-hydrogen) atoms. The lowest BCUT2D eigenvalue weighted by molar-refractivity contribution is 1.03. The van der Waals surface area contributed by atoms with E-state index in [-0.39, 0.29) is 0 Å². The number of benzene rings is 2. The maximum atomic E-state index is 5.95. The fraction of sp³-hybridized carbons (Fsp3) is 0.143. The van der Waals surface area contributed by atoms with Crippen LogP contribution in [-0.2, 0) is 12.3 Å². The van der Waals surface area contributed by atoms with Crippen LogP contribution in [0.2, 0.25) is 10.0 Å². The molecule has 1 nitrogen and oxygen atoms in total. The molecule has 0 radical (unpaired) electrons. The van der Waals surface area contributed by atoms with Gasteiger partial charge in [0.15, 0.2) is 0 Å². The Morgan fingerprint density at radius 3 is 2.28 bits per heavy atom. The maximum Gasteiger partial charge on any atom is 0.0410 e. The minimum Gasteiger partial charge on any atom is -0.326 e. The van der Waals surface area contributed by atoms with Crippen molar-refractivity contribution in [2.24, 2.45) is 5.73 Å². The molecule has 0 unspecified atom stereocenters. The standard InChI is InChI=1S/C14H13Cl2NS/c15-12-3-1-10(2-4-12)9-18-14-6-5-13(16)7-11(14)8-17/h1-7H,8-9,17H2. The van der Waals surface area contributed by atoms with E-state index in [0.29, 0.717) is 6.54 Å². The summed E-state index contributed by atoms with van der Waals surface area (Å²) in [6.07, 6.45) is 0. The molecular weight excluding hydrogens is 285 g/mol. The van der Waals surface area contributed by atoms with E-state index in [2.05, 4.69) is 0 Å². The van der Waals surface area contributed by atoms with E-state index in [4.69, 9.17) is 28.9 Å². The first-order valence-electron chi connectivity index (χ1n) is 5.55. The van der Waals surface area contributed by atoms with Gasteiger partial charge in [0.05, 0.1) is 0 Å². The van der Waals surface area contributed by atoms with E-state index in [1.54, 1.807) is 11.8 Å². The largest absolute Gasteiger partial charge is 0.326 e. The molecule has 0 fully saturated rings. The zero-order chi connectivity index (χ0) is 13.0. The molecule has 2 aromatic carbocycles. The second-order valence-corrected chi connectivity index (χ2v) is 5.76. The highest BCUT2D eigenvalue weighted by atomic mass is 35.5. The average molecular weight is 298 g/mol. The molecule has 94 valence electrons. The predicted molar refractivity (Wildman–Crippen MR) is 80.4 cm³/mol. The molecule has 4 heteroatoms. The Kier molecular flexibility index (Phi) is 4.95. The van der Waals surface area contributed by atoms with Gasteiger partial charge in [0.1, 0.15) is 0 Å². The number of nitrogens with two attached hydrogens (primary N) is 1. The van der Waals surface area contributed by atoms with E-state index in [1.165, 1.54) is 10.5 Å². The van der Waals surface area contributed by atoms with Gasteiger partial charge in [-0.25, -0.2) is 0 Å². The molecule has 0 saturated heterocycles. The molecule has 0 aliphatic heterocycles. The Labute approximate surface area is 121 Å². The molecule has 0 heterocycles. The minimum absolute atomic E-state index is 0.503. The van der Waals surface area contributed by atoms with Crippen molar-refractivity contribution in [3.8, 4) is 0 Å². The first-order valence-corrected chi connectivity index (χ1v) is 7.29. The van der Waals surface area contributed by atoms with Crippen LogP contribution in [0.4, 0.5) is 0 Å². The number of hydrogen-bond donors (Lipinski definition) is 1. The molecule has 0 saturated carbocycles. The van der Waals surface area contributed by atoms with Crippen molar-refractivity contribution in [1.82, 2.24) is 0 Å². The Balaban J connectivity index is 2.08. The third-order valence-corrected chi connectivity index (χ3v) is 4.22. The highest BCUT2D eigenvalue weighted by molar-refractivity contribution is 7.98. The molecule has 0 bridgehead atoms. The molecule has 0 spiro atoms. The number of halogens is 2. The Morgan fingerprint density at radius 2 is 1.61 bits per heavy atom. The van der Waals surface area contributed by atoms with E-state index in [9.17, 15) is 0 Å². The van der Waals surface area contributed by atoms with E-state index in [1.807, 2.05) is 42.5 Å². The first kappa shape index (κ1) is 13.8. The summed E-state index contributed by atoms with van der Waals surface area (Å²) in [5.41, 5.74) is 8.04. The molecule has 2 aromatic rings. The van der Waals surface area contributed by atoms with Crippen LogP contribution in [0.1, 0.15) is 11.1 Å². The van der Waals surface area contributed by atoms with Gasteiger partial charge in [0, 0.05) is 27.2 Å². The van der Waals surface area contributed by atoms with Gasteiger partial charge in [0.25, 0.3) is 0 Å². The van der Waals surface area contributed by atoms with Crippen molar-refractivity contribution in [1.29, 1.82) is 0 Å². The summed E-state index contributed by atoms with van der Waals surface area (Å²) in [6, 6.07) is 13.7. The van der Waals surface area contributed by atoms with Crippen LogP contribution >= 0.6 is 35.0 Å². The van der Waals surface area contributed by atoms with Crippen molar-refractivity contribution in [3.05, 3.63) is 63.6 Å². The van der Waals surface area contributed by atoms with Crippen LogP contribution in [-0.4, -0.2) is 0 Å². The van der Waals surface area contributed by atoms with Gasteiger partial charge in [-0.2, -0.15) is 0 Å². The summed E-state index contributed by atoms with van der Waals surface area (Å²) < 4.78 is 0. The highest BCUT2D eigenvalue weighted by Gasteiger charge is 2.03. The molecule has 0 aromatic heterocycles. The molecule has 0 aliphatic rings. The lowest BCUT2D eigenvalue weighted by Gasteiger charge is -2.08. The summed E-state index contributed by atoms with van der Waals surface area (Å²) in [6.45, 7) is 0.503. The van der Waals surface area contributed by atoms with Gasteiger partial charge in [-0.3, -0.25) is 0 Å². The average Bonchev–Trinajstić information content (AvgIpc) is 2.39. The molecule has 2 N–H and O–H groups in total. The van der Waals surface area contributed by atoms with Gasteiger partial charge in [-0.05, 0) is 41.5 Å². The van der Waals surface area contributed by atoms with E-state index < -0.39 is 0 Å². The SMILES string of the molecule is NCc1cc(Cl)ccc1SCc1ccc(Cl)cc1. The Hall–Kier alpha value is -0.670. The lowest BCUT2D eigenvalue weighted by atomic mass is 10.2. The quantitative estimate of drug-likeness (QED) is 0.825. The van der Waals surface area contributed by atoms with E-state index >= 15 is 0 Å². The molecule has 0 amide bonds. The fourth-order valence-electron chi connectivity index (χ4n) is 1.59. The summed E-state index contributed by atoms with van der Waals surface area (Å²) >= 11 is 13.6. The zero-order valence-corrected chi connectivity index (χ0v) is 12.0. The number of thioether (sulfide) groups is 1. The first-order chi connectivity index (χ1) is 8.69.